The zero-order chi connectivity index (χ0) is 36.5. The molecule has 5 N–H and O–H groups in total. The summed E-state index contributed by atoms with van der Waals surface area (Å²) >= 11 is 14.0. The maximum Gasteiger partial charge on any atom is 0.309 e. The number of benzene rings is 2. The highest BCUT2D eigenvalue weighted by molar-refractivity contribution is 6.39. The van der Waals surface area contributed by atoms with Gasteiger partial charge in [-0.05, 0) is 68.2 Å². The molecule has 2 aromatic heterocycles. The Morgan fingerprint density at radius 3 is 2.50 bits per heavy atom. The Morgan fingerprint density at radius 1 is 1.00 bits per heavy atom. The van der Waals surface area contributed by atoms with E-state index >= 15 is 4.39 Å². The molecule has 1 saturated heterocycles. The fraction of sp³-hybridized carbons (Fsp3) is 0.385. The number of rotatable bonds is 14. The minimum absolute atomic E-state index is 0.0410. The van der Waals surface area contributed by atoms with Crippen molar-refractivity contribution < 1.29 is 23.8 Å². The number of carbonyl (C=O) groups excluding carboxylic acids is 1. The van der Waals surface area contributed by atoms with Crippen molar-refractivity contribution in [2.75, 3.05) is 25.5 Å². The predicted molar refractivity (Wildman–Crippen MR) is 199 cm³/mol. The molecule has 2 aliphatic carbocycles. The number of ether oxygens (including phenoxy) is 1. The summed E-state index contributed by atoms with van der Waals surface area (Å²) in [6.07, 6.45) is 8.44. The fourth-order valence-electron chi connectivity index (χ4n) is 8.10. The molecular weight excluding hydrogens is 706 g/mol. The summed E-state index contributed by atoms with van der Waals surface area (Å²) in [6, 6.07) is 14.8. The van der Waals surface area contributed by atoms with Gasteiger partial charge in [-0.15, -0.1) is 0 Å². The summed E-state index contributed by atoms with van der Waals surface area (Å²) in [6.45, 7) is 2.17. The van der Waals surface area contributed by atoms with E-state index in [2.05, 4.69) is 31.2 Å². The van der Waals surface area contributed by atoms with Gasteiger partial charge in [0.05, 0.1) is 34.0 Å². The van der Waals surface area contributed by atoms with Gasteiger partial charge in [-0.1, -0.05) is 47.5 Å². The lowest BCUT2D eigenvalue weighted by Gasteiger charge is -2.27. The first-order valence-corrected chi connectivity index (χ1v) is 18.3. The molecule has 7 rings (SSSR count). The average Bonchev–Trinajstić information content (AvgIpc) is 3.85. The topological polar surface area (TPSA) is 138 Å². The van der Waals surface area contributed by atoms with E-state index in [-0.39, 0.29) is 29.7 Å². The number of fused-ring (bicyclic) bond motifs is 2. The van der Waals surface area contributed by atoms with Crippen LogP contribution in [0.15, 0.2) is 60.9 Å². The van der Waals surface area contributed by atoms with Crippen molar-refractivity contribution in [1.82, 2.24) is 25.9 Å². The van der Waals surface area contributed by atoms with Crippen LogP contribution in [0.4, 0.5) is 15.9 Å². The summed E-state index contributed by atoms with van der Waals surface area (Å²) in [7, 11) is 1.62. The number of carboxylic acid groups (broad SMARTS) is 1. The zero-order valence-corrected chi connectivity index (χ0v) is 30.3. The van der Waals surface area contributed by atoms with E-state index < -0.39 is 17.2 Å². The number of anilines is 2. The van der Waals surface area contributed by atoms with Gasteiger partial charge >= 0.3 is 5.97 Å². The smallest absolute Gasteiger partial charge is 0.309 e. The number of nitrogens with one attached hydrogen (secondary N) is 4. The number of hydrogen-bond donors (Lipinski definition) is 5. The van der Waals surface area contributed by atoms with E-state index in [0.29, 0.717) is 89.2 Å². The molecule has 1 aliphatic heterocycles. The van der Waals surface area contributed by atoms with Gasteiger partial charge in [0.1, 0.15) is 5.75 Å². The van der Waals surface area contributed by atoms with Crippen LogP contribution in [0.25, 0.3) is 22.4 Å². The van der Waals surface area contributed by atoms with Crippen LogP contribution in [0.3, 0.4) is 0 Å². The van der Waals surface area contributed by atoms with Crippen LogP contribution in [0.5, 0.6) is 5.75 Å². The maximum atomic E-state index is 15.8. The monoisotopic (exact) mass is 746 g/mol. The largest absolute Gasteiger partial charge is 0.496 e. The average molecular weight is 748 g/mol. The van der Waals surface area contributed by atoms with E-state index in [9.17, 15) is 14.7 Å². The van der Waals surface area contributed by atoms with E-state index in [0.717, 1.165) is 30.4 Å². The van der Waals surface area contributed by atoms with E-state index in [1.54, 1.807) is 37.7 Å². The van der Waals surface area contributed by atoms with Gasteiger partial charge in [-0.25, -0.2) is 9.37 Å². The SMILES string of the molecule is COc1cc(-c2nccc(-c3cccc(Nc4nccc(CNCC56CCC(C(=O)O)(CC5)C6)c4F)c3Cl)c2Cl)ccc1CNC[C@@H]1CCC(=O)N1. The van der Waals surface area contributed by atoms with Crippen LogP contribution in [-0.4, -0.2) is 53.2 Å². The number of pyridine rings is 2. The normalized spacial score (nSPS) is 22.1. The lowest BCUT2D eigenvalue weighted by Crippen LogP contribution is -2.35. The van der Waals surface area contributed by atoms with Gasteiger partial charge in [-0.3, -0.25) is 14.6 Å². The molecule has 1 amide bonds. The number of methoxy groups -OCH3 is 1. The highest BCUT2D eigenvalue weighted by Gasteiger charge is 2.57. The fourth-order valence-corrected chi connectivity index (χ4v) is 8.69. The molecule has 0 unspecified atom stereocenters. The highest BCUT2D eigenvalue weighted by atomic mass is 35.5. The highest BCUT2D eigenvalue weighted by Crippen LogP contribution is 2.61. The van der Waals surface area contributed by atoms with Crippen LogP contribution < -0.4 is 26.0 Å². The third-order valence-corrected chi connectivity index (χ3v) is 11.8. The van der Waals surface area contributed by atoms with Crippen LogP contribution in [-0.2, 0) is 22.7 Å². The summed E-state index contributed by atoms with van der Waals surface area (Å²) in [5.41, 5.74) is 3.83. The molecule has 0 radical (unpaired) electrons. The molecule has 272 valence electrons. The van der Waals surface area contributed by atoms with Crippen molar-refractivity contribution in [3.05, 3.63) is 87.9 Å². The Kier molecular flexibility index (Phi) is 10.4. The number of halogens is 3. The number of aromatic nitrogens is 2. The van der Waals surface area contributed by atoms with Crippen LogP contribution in [0.2, 0.25) is 10.0 Å². The molecule has 52 heavy (non-hydrogen) atoms. The van der Waals surface area contributed by atoms with E-state index in [1.165, 1.54) is 0 Å². The molecule has 2 aromatic carbocycles. The summed E-state index contributed by atoms with van der Waals surface area (Å²) in [4.78, 5) is 32.2. The second-order valence-corrected chi connectivity index (χ2v) is 15.0. The van der Waals surface area contributed by atoms with E-state index in [4.69, 9.17) is 27.9 Å². The van der Waals surface area contributed by atoms with Crippen molar-refractivity contribution in [1.29, 1.82) is 0 Å². The number of aliphatic carboxylic acids is 1. The molecule has 3 fully saturated rings. The van der Waals surface area contributed by atoms with Gasteiger partial charge in [0.15, 0.2) is 11.6 Å². The van der Waals surface area contributed by atoms with Crippen LogP contribution in [0.1, 0.15) is 56.1 Å². The Morgan fingerprint density at radius 2 is 1.77 bits per heavy atom. The Balaban J connectivity index is 1.04. The predicted octanol–water partition coefficient (Wildman–Crippen LogP) is 7.50. The summed E-state index contributed by atoms with van der Waals surface area (Å²) < 4.78 is 21.5. The standard InChI is InChI=1S/C39H41Cl2FN6O4/c1-52-30-17-23(5-6-24(30)18-43-20-26-7-8-31(49)47-26)35-33(41)28(10-16-45-35)27-3-2-4-29(32(27)40)48-36-34(42)25(9-15-46-36)19-44-22-38-11-13-39(21-38,14-12-38)37(50)51/h2-6,9-10,15-17,26,43-44H,7-8,11-14,18-22H2,1H3,(H,46,48)(H,47,49)(H,50,51)/t26-,38?,39?/m0/s1. The number of carbonyl (C=O) groups is 2. The third kappa shape index (κ3) is 7.19. The Bertz CT molecular complexity index is 2000. The van der Waals surface area contributed by atoms with Crippen molar-refractivity contribution in [3.8, 4) is 28.1 Å². The molecule has 13 heteroatoms. The van der Waals surface area contributed by atoms with Gasteiger partial charge < -0.3 is 31.1 Å². The summed E-state index contributed by atoms with van der Waals surface area (Å²) in [5, 5.41) is 23.3. The Labute approximate surface area is 311 Å². The molecule has 3 heterocycles. The molecule has 0 spiro atoms. The third-order valence-electron chi connectivity index (χ3n) is 11.0. The van der Waals surface area contributed by atoms with E-state index in [1.807, 2.05) is 30.3 Å². The minimum Gasteiger partial charge on any atom is -0.496 e. The number of nitrogens with zero attached hydrogens (tertiary/aromatic N) is 2. The second-order valence-electron chi connectivity index (χ2n) is 14.3. The molecule has 3 aliphatic rings. The lowest BCUT2D eigenvalue weighted by molar-refractivity contribution is -0.148. The molecule has 1 atom stereocenters. The number of carboxylic acids is 1. The van der Waals surface area contributed by atoms with Crippen molar-refractivity contribution >= 4 is 46.6 Å². The first-order chi connectivity index (χ1) is 25.1. The van der Waals surface area contributed by atoms with Crippen molar-refractivity contribution in [2.45, 2.75) is 64.1 Å². The van der Waals surface area contributed by atoms with Gasteiger partial charge in [0, 0.05) is 78.9 Å². The molecular formula is C39H41Cl2FN6O4. The Hall–Kier alpha value is -4.29. The molecule has 2 bridgehead atoms. The summed E-state index contributed by atoms with van der Waals surface area (Å²) in [5.74, 6) is -0.378. The van der Waals surface area contributed by atoms with Crippen LogP contribution in [0, 0.1) is 16.6 Å². The molecule has 2 saturated carbocycles. The first-order valence-electron chi connectivity index (χ1n) is 17.6. The van der Waals surface area contributed by atoms with Crippen LogP contribution >= 0.6 is 23.2 Å². The first kappa shape index (κ1) is 36.1. The molecule has 4 aromatic rings. The maximum absolute atomic E-state index is 15.8. The van der Waals surface area contributed by atoms with Gasteiger partial charge in [0.25, 0.3) is 0 Å². The second kappa shape index (κ2) is 15.0. The molecule has 10 nitrogen and oxygen atoms in total. The minimum atomic E-state index is -0.693. The van der Waals surface area contributed by atoms with Crippen molar-refractivity contribution in [2.24, 2.45) is 10.8 Å². The van der Waals surface area contributed by atoms with Crippen molar-refractivity contribution in [3.63, 3.8) is 0 Å². The van der Waals surface area contributed by atoms with Gasteiger partial charge in [-0.2, -0.15) is 0 Å². The number of hydrogen-bond acceptors (Lipinski definition) is 8. The number of amides is 1. The quantitative estimate of drug-likeness (QED) is 0.0888. The zero-order valence-electron chi connectivity index (χ0n) is 28.8. The lowest BCUT2D eigenvalue weighted by atomic mass is 9.82. The van der Waals surface area contributed by atoms with Gasteiger partial charge in [0.2, 0.25) is 5.91 Å².